The summed E-state index contributed by atoms with van der Waals surface area (Å²) in [6.07, 6.45) is 0. The molecule has 0 aliphatic heterocycles. The van der Waals surface area contributed by atoms with Gasteiger partial charge in [0.25, 0.3) is 5.56 Å². The van der Waals surface area contributed by atoms with E-state index in [1.54, 1.807) is 11.3 Å². The molecule has 24 heavy (non-hydrogen) atoms. The molecule has 3 heterocycles. The van der Waals surface area contributed by atoms with Gasteiger partial charge in [-0.3, -0.25) is 9.59 Å². The number of aromatic amines is 1. The van der Waals surface area contributed by atoms with E-state index in [1.165, 1.54) is 18.3 Å². The first kappa shape index (κ1) is 16.8. The molecule has 4 N–H and O–H groups in total. The van der Waals surface area contributed by atoms with E-state index in [4.69, 9.17) is 0 Å². The highest BCUT2D eigenvalue weighted by molar-refractivity contribution is 7.18. The summed E-state index contributed by atoms with van der Waals surface area (Å²) in [4.78, 5) is 32.8. The van der Waals surface area contributed by atoms with Crippen LogP contribution in [0.1, 0.15) is 25.7 Å². The number of carbonyl (C=O) groups is 1. The van der Waals surface area contributed by atoms with Gasteiger partial charge in [0.15, 0.2) is 5.82 Å². The summed E-state index contributed by atoms with van der Waals surface area (Å²) in [5.74, 6) is 0.624. The van der Waals surface area contributed by atoms with Crippen LogP contribution in [0.2, 0.25) is 0 Å². The van der Waals surface area contributed by atoms with Crippen LogP contribution in [0.3, 0.4) is 0 Å². The maximum Gasteiger partial charge on any atom is 0.260 e. The Balaban J connectivity index is 1.81. The molecule has 0 bridgehead atoms. The number of amides is 1. The molecule has 6 nitrogen and oxygen atoms in total. The van der Waals surface area contributed by atoms with Crippen molar-refractivity contribution in [2.75, 3.05) is 13.1 Å². The normalized spacial score (nSPS) is 12.4. The van der Waals surface area contributed by atoms with Crippen molar-refractivity contribution in [3.8, 4) is 10.4 Å². The molecule has 3 aromatic rings. The first-order valence-electron chi connectivity index (χ1n) is 7.69. The van der Waals surface area contributed by atoms with E-state index < -0.39 is 0 Å². The summed E-state index contributed by atoms with van der Waals surface area (Å²) >= 11 is 3.11. The van der Waals surface area contributed by atoms with Crippen LogP contribution in [0.25, 0.3) is 20.7 Å². The molecule has 1 atom stereocenters. The van der Waals surface area contributed by atoms with E-state index in [2.05, 4.69) is 15.3 Å². The minimum absolute atomic E-state index is 0.0168. The highest BCUT2D eigenvalue weighted by Gasteiger charge is 2.17. The number of nitrogens with two attached hydrogens (primary N) is 1. The van der Waals surface area contributed by atoms with E-state index in [-0.39, 0.29) is 17.5 Å². The Morgan fingerprint density at radius 1 is 1.46 bits per heavy atom. The zero-order valence-electron chi connectivity index (χ0n) is 13.5. The lowest BCUT2D eigenvalue weighted by Gasteiger charge is -2.10. The SMILES string of the molecule is CC(=O)NCC[NH2+][C@@H](C)c1nc2scc(-c3cccs3)c2c(=O)[nH]1. The fourth-order valence-corrected chi connectivity index (χ4v) is 4.26. The monoisotopic (exact) mass is 363 g/mol. The van der Waals surface area contributed by atoms with Crippen LogP contribution in [0.5, 0.6) is 0 Å². The zero-order chi connectivity index (χ0) is 17.1. The minimum Gasteiger partial charge on any atom is -0.351 e. The zero-order valence-corrected chi connectivity index (χ0v) is 15.1. The number of fused-ring (bicyclic) bond motifs is 1. The summed E-state index contributed by atoms with van der Waals surface area (Å²) in [5, 5.41) is 9.46. The molecular weight excluding hydrogens is 344 g/mol. The van der Waals surface area contributed by atoms with Gasteiger partial charge < -0.3 is 15.6 Å². The van der Waals surface area contributed by atoms with Gasteiger partial charge in [-0.05, 0) is 18.4 Å². The van der Waals surface area contributed by atoms with Crippen LogP contribution in [0, 0.1) is 0 Å². The molecule has 3 rings (SSSR count). The van der Waals surface area contributed by atoms with Crippen LogP contribution in [0.4, 0.5) is 0 Å². The second-order valence-electron chi connectivity index (χ2n) is 5.55. The molecule has 0 aliphatic carbocycles. The molecule has 0 aliphatic rings. The quantitative estimate of drug-likeness (QED) is 0.579. The Hall–Kier alpha value is -2.03. The fraction of sp³-hybridized carbons (Fsp3) is 0.312. The molecule has 0 fully saturated rings. The summed E-state index contributed by atoms with van der Waals surface area (Å²) in [5.41, 5.74) is 0.856. The number of nitrogens with one attached hydrogen (secondary N) is 2. The van der Waals surface area contributed by atoms with Crippen LogP contribution in [-0.4, -0.2) is 29.0 Å². The predicted molar refractivity (Wildman–Crippen MR) is 97.4 cm³/mol. The first-order valence-corrected chi connectivity index (χ1v) is 9.45. The second-order valence-corrected chi connectivity index (χ2v) is 7.36. The summed E-state index contributed by atoms with van der Waals surface area (Å²) in [6.45, 7) is 4.81. The maximum atomic E-state index is 12.5. The molecule has 0 saturated carbocycles. The van der Waals surface area contributed by atoms with Gasteiger partial charge in [-0.15, -0.1) is 22.7 Å². The van der Waals surface area contributed by atoms with Crippen molar-refractivity contribution < 1.29 is 10.1 Å². The lowest BCUT2D eigenvalue weighted by molar-refractivity contribution is -0.692. The van der Waals surface area contributed by atoms with Crippen molar-refractivity contribution in [2.24, 2.45) is 0 Å². The molecule has 8 heteroatoms. The molecule has 0 saturated heterocycles. The predicted octanol–water partition coefficient (Wildman–Crippen LogP) is 1.47. The molecule has 0 aromatic carbocycles. The standard InChI is InChI=1S/C16H18N4O2S2/c1-9(17-5-6-18-10(2)21)14-19-15(22)13-11(8-24-16(13)20-14)12-4-3-7-23-12/h3-4,7-9,17H,5-6H2,1-2H3,(H,18,21)(H,19,20,22)/p+1/t9-/m0/s1. The van der Waals surface area contributed by atoms with Gasteiger partial charge >= 0.3 is 0 Å². The summed E-state index contributed by atoms with van der Waals surface area (Å²) < 4.78 is 0. The number of hydrogen-bond acceptors (Lipinski definition) is 5. The van der Waals surface area contributed by atoms with Crippen LogP contribution in [-0.2, 0) is 4.79 Å². The van der Waals surface area contributed by atoms with Gasteiger partial charge in [-0.25, -0.2) is 4.98 Å². The average Bonchev–Trinajstić information content (AvgIpc) is 3.19. The third-order valence-corrected chi connectivity index (χ3v) is 5.49. The van der Waals surface area contributed by atoms with Gasteiger partial charge in [0.05, 0.1) is 18.5 Å². The Bertz CT molecular complexity index is 899. The Kier molecular flexibility index (Phi) is 5.08. The van der Waals surface area contributed by atoms with E-state index in [0.29, 0.717) is 17.8 Å². The Morgan fingerprint density at radius 3 is 3.00 bits per heavy atom. The largest absolute Gasteiger partial charge is 0.351 e. The molecule has 0 unspecified atom stereocenters. The molecule has 126 valence electrons. The number of thiophene rings is 2. The Morgan fingerprint density at radius 2 is 2.29 bits per heavy atom. The number of aromatic nitrogens is 2. The fourth-order valence-electron chi connectivity index (χ4n) is 2.49. The van der Waals surface area contributed by atoms with Crippen molar-refractivity contribution in [1.29, 1.82) is 0 Å². The first-order chi connectivity index (χ1) is 11.6. The van der Waals surface area contributed by atoms with Crippen LogP contribution < -0.4 is 16.2 Å². The third-order valence-electron chi connectivity index (χ3n) is 3.72. The average molecular weight is 363 g/mol. The van der Waals surface area contributed by atoms with E-state index >= 15 is 0 Å². The van der Waals surface area contributed by atoms with Crippen LogP contribution in [0.15, 0.2) is 27.7 Å². The Labute approximate surface area is 147 Å². The molecular formula is C16H19N4O2S2+. The topological polar surface area (TPSA) is 91.5 Å². The van der Waals surface area contributed by atoms with Crippen molar-refractivity contribution in [3.05, 3.63) is 39.1 Å². The van der Waals surface area contributed by atoms with Crippen molar-refractivity contribution in [1.82, 2.24) is 15.3 Å². The number of hydrogen-bond donors (Lipinski definition) is 3. The van der Waals surface area contributed by atoms with Gasteiger partial charge in [-0.2, -0.15) is 0 Å². The van der Waals surface area contributed by atoms with Crippen molar-refractivity contribution >= 4 is 38.8 Å². The third kappa shape index (κ3) is 3.55. The van der Waals surface area contributed by atoms with Gasteiger partial charge in [-0.1, -0.05) is 6.07 Å². The van der Waals surface area contributed by atoms with E-state index in [9.17, 15) is 9.59 Å². The van der Waals surface area contributed by atoms with Crippen LogP contribution >= 0.6 is 22.7 Å². The lowest BCUT2D eigenvalue weighted by atomic mass is 10.2. The number of H-pyrrole nitrogens is 1. The van der Waals surface area contributed by atoms with Crippen molar-refractivity contribution in [3.63, 3.8) is 0 Å². The van der Waals surface area contributed by atoms with Gasteiger partial charge in [0, 0.05) is 22.7 Å². The number of rotatable bonds is 6. The summed E-state index contributed by atoms with van der Waals surface area (Å²) in [6, 6.07) is 4.01. The minimum atomic E-state index is -0.0956. The lowest BCUT2D eigenvalue weighted by Crippen LogP contribution is -2.86. The molecule has 0 radical (unpaired) electrons. The highest BCUT2D eigenvalue weighted by atomic mass is 32.1. The molecule has 1 amide bonds. The number of carbonyl (C=O) groups excluding carboxylic acids is 1. The smallest absolute Gasteiger partial charge is 0.260 e. The van der Waals surface area contributed by atoms with Crippen molar-refractivity contribution in [2.45, 2.75) is 19.9 Å². The molecule has 3 aromatic heterocycles. The molecule has 0 spiro atoms. The van der Waals surface area contributed by atoms with E-state index in [1.807, 2.05) is 35.1 Å². The van der Waals surface area contributed by atoms with Gasteiger partial charge in [0.1, 0.15) is 10.9 Å². The maximum absolute atomic E-state index is 12.5. The highest BCUT2D eigenvalue weighted by Crippen LogP contribution is 2.33. The second kappa shape index (κ2) is 7.25. The van der Waals surface area contributed by atoms with E-state index in [0.717, 1.165) is 21.8 Å². The van der Waals surface area contributed by atoms with Gasteiger partial charge in [0.2, 0.25) is 5.91 Å². The number of quaternary nitrogens is 1. The number of nitrogens with zero attached hydrogens (tertiary/aromatic N) is 1. The summed E-state index contributed by atoms with van der Waals surface area (Å²) in [7, 11) is 0.